The largest absolute Gasteiger partial charge is 0.349 e. The van der Waals surface area contributed by atoms with Gasteiger partial charge in [0.2, 0.25) is 5.91 Å². The predicted octanol–water partition coefficient (Wildman–Crippen LogP) is 1.71. The fourth-order valence-corrected chi connectivity index (χ4v) is 1.58. The summed E-state index contributed by atoms with van der Waals surface area (Å²) in [5, 5.41) is 0. The number of likely N-dealkylation sites (N-methyl/N-ethyl adjacent to an activating group) is 1. The van der Waals surface area contributed by atoms with Crippen LogP contribution in [0.3, 0.4) is 0 Å². The van der Waals surface area contributed by atoms with E-state index in [4.69, 9.17) is 0 Å². The van der Waals surface area contributed by atoms with Gasteiger partial charge in [-0.3, -0.25) is 4.79 Å². The SMILES string of the molecule is CN(C)C(=O)Cc1cccc(-c2ncc[nH]2)c1. The number of rotatable bonds is 3. The minimum Gasteiger partial charge on any atom is -0.349 e. The van der Waals surface area contributed by atoms with Crippen LogP contribution in [0.15, 0.2) is 36.7 Å². The number of aromatic amines is 1. The first-order chi connectivity index (χ1) is 8.16. The Balaban J connectivity index is 2.20. The zero-order chi connectivity index (χ0) is 12.3. The molecule has 2 aromatic rings. The number of nitrogens with zero attached hydrogens (tertiary/aromatic N) is 2. The Labute approximate surface area is 100 Å². The van der Waals surface area contributed by atoms with Crippen molar-refractivity contribution in [3.05, 3.63) is 42.2 Å². The average molecular weight is 229 g/mol. The lowest BCUT2D eigenvalue weighted by Gasteiger charge is -2.10. The van der Waals surface area contributed by atoms with Gasteiger partial charge in [0.15, 0.2) is 0 Å². The van der Waals surface area contributed by atoms with Crippen LogP contribution >= 0.6 is 0 Å². The Morgan fingerprint density at radius 2 is 2.24 bits per heavy atom. The number of hydrogen-bond donors (Lipinski definition) is 1. The van der Waals surface area contributed by atoms with Crippen molar-refractivity contribution in [2.45, 2.75) is 6.42 Å². The zero-order valence-corrected chi connectivity index (χ0v) is 9.97. The molecule has 1 aromatic heterocycles. The van der Waals surface area contributed by atoms with Gasteiger partial charge in [-0.15, -0.1) is 0 Å². The van der Waals surface area contributed by atoms with Crippen LogP contribution in [0.2, 0.25) is 0 Å². The minimum atomic E-state index is 0.0987. The first-order valence-electron chi connectivity index (χ1n) is 5.45. The number of nitrogens with one attached hydrogen (secondary N) is 1. The van der Waals surface area contributed by atoms with Gasteiger partial charge in [-0.2, -0.15) is 0 Å². The lowest BCUT2D eigenvalue weighted by atomic mass is 10.1. The van der Waals surface area contributed by atoms with Crippen molar-refractivity contribution in [2.24, 2.45) is 0 Å². The molecule has 0 fully saturated rings. The second-order valence-corrected chi connectivity index (χ2v) is 4.10. The molecule has 4 heteroatoms. The highest BCUT2D eigenvalue weighted by Crippen LogP contribution is 2.16. The van der Waals surface area contributed by atoms with E-state index in [0.717, 1.165) is 17.0 Å². The maximum Gasteiger partial charge on any atom is 0.226 e. The topological polar surface area (TPSA) is 49.0 Å². The third kappa shape index (κ3) is 2.72. The van der Waals surface area contributed by atoms with Gasteiger partial charge in [-0.25, -0.2) is 4.98 Å². The summed E-state index contributed by atoms with van der Waals surface area (Å²) in [5.74, 6) is 0.922. The van der Waals surface area contributed by atoms with Crippen molar-refractivity contribution in [3.63, 3.8) is 0 Å². The average Bonchev–Trinajstić information content (AvgIpc) is 2.82. The molecule has 4 nitrogen and oxygen atoms in total. The maximum atomic E-state index is 11.6. The Kier molecular flexibility index (Phi) is 3.23. The molecular weight excluding hydrogens is 214 g/mol. The van der Waals surface area contributed by atoms with E-state index < -0.39 is 0 Å². The van der Waals surface area contributed by atoms with E-state index in [1.807, 2.05) is 24.3 Å². The molecule has 1 N–H and O–H groups in total. The molecule has 0 unspecified atom stereocenters. The third-order valence-corrected chi connectivity index (χ3v) is 2.55. The van der Waals surface area contributed by atoms with E-state index in [1.165, 1.54) is 0 Å². The highest BCUT2D eigenvalue weighted by Gasteiger charge is 2.07. The molecular formula is C13H15N3O. The van der Waals surface area contributed by atoms with E-state index in [9.17, 15) is 4.79 Å². The summed E-state index contributed by atoms with van der Waals surface area (Å²) in [7, 11) is 3.53. The van der Waals surface area contributed by atoms with Gasteiger partial charge in [0.25, 0.3) is 0 Å². The molecule has 0 atom stereocenters. The molecule has 17 heavy (non-hydrogen) atoms. The molecule has 0 saturated heterocycles. The second kappa shape index (κ2) is 4.82. The zero-order valence-electron chi connectivity index (χ0n) is 9.97. The summed E-state index contributed by atoms with van der Waals surface area (Å²) in [6.07, 6.45) is 3.92. The molecule has 0 aliphatic rings. The molecule has 2 rings (SSSR count). The molecule has 1 amide bonds. The van der Waals surface area contributed by atoms with Gasteiger partial charge in [0.1, 0.15) is 5.82 Å². The van der Waals surface area contributed by atoms with Crippen LogP contribution in [0.5, 0.6) is 0 Å². The molecule has 0 radical (unpaired) electrons. The standard InChI is InChI=1S/C13H15N3O/c1-16(2)12(17)9-10-4-3-5-11(8-10)13-14-6-7-15-13/h3-8H,9H2,1-2H3,(H,14,15). The van der Waals surface area contributed by atoms with Gasteiger partial charge in [0, 0.05) is 32.1 Å². The third-order valence-electron chi connectivity index (χ3n) is 2.55. The summed E-state index contributed by atoms with van der Waals surface area (Å²) < 4.78 is 0. The number of amides is 1. The highest BCUT2D eigenvalue weighted by molar-refractivity contribution is 5.78. The fourth-order valence-electron chi connectivity index (χ4n) is 1.58. The summed E-state index contributed by atoms with van der Waals surface area (Å²) >= 11 is 0. The van der Waals surface area contributed by atoms with E-state index >= 15 is 0 Å². The number of benzene rings is 1. The molecule has 1 aromatic carbocycles. The van der Waals surface area contributed by atoms with Crippen molar-refractivity contribution >= 4 is 5.91 Å². The summed E-state index contributed by atoms with van der Waals surface area (Å²) in [5.41, 5.74) is 2.00. The lowest BCUT2D eigenvalue weighted by molar-refractivity contribution is -0.127. The Morgan fingerprint density at radius 1 is 1.41 bits per heavy atom. The molecule has 0 spiro atoms. The van der Waals surface area contributed by atoms with Crippen LogP contribution < -0.4 is 0 Å². The Morgan fingerprint density at radius 3 is 2.88 bits per heavy atom. The summed E-state index contributed by atoms with van der Waals surface area (Å²) in [6.45, 7) is 0. The molecule has 0 bridgehead atoms. The molecule has 0 aliphatic heterocycles. The number of carbonyl (C=O) groups excluding carboxylic acids is 1. The highest BCUT2D eigenvalue weighted by atomic mass is 16.2. The fraction of sp³-hybridized carbons (Fsp3) is 0.231. The number of aromatic nitrogens is 2. The van der Waals surface area contributed by atoms with Crippen LogP contribution in [0, 0.1) is 0 Å². The van der Waals surface area contributed by atoms with Crippen molar-refractivity contribution < 1.29 is 4.79 Å². The van der Waals surface area contributed by atoms with Crippen molar-refractivity contribution in [2.75, 3.05) is 14.1 Å². The number of hydrogen-bond acceptors (Lipinski definition) is 2. The van der Waals surface area contributed by atoms with Crippen LogP contribution in [-0.4, -0.2) is 34.9 Å². The normalized spacial score (nSPS) is 10.2. The summed E-state index contributed by atoms with van der Waals surface area (Å²) in [4.78, 5) is 20.5. The molecule has 88 valence electrons. The first-order valence-corrected chi connectivity index (χ1v) is 5.45. The van der Waals surface area contributed by atoms with Crippen LogP contribution in [0.1, 0.15) is 5.56 Å². The van der Waals surface area contributed by atoms with E-state index in [2.05, 4.69) is 9.97 Å². The van der Waals surface area contributed by atoms with E-state index in [-0.39, 0.29) is 5.91 Å². The van der Waals surface area contributed by atoms with Gasteiger partial charge >= 0.3 is 0 Å². The first kappa shape index (κ1) is 11.4. The smallest absolute Gasteiger partial charge is 0.226 e. The van der Waals surface area contributed by atoms with E-state index in [1.54, 1.807) is 31.4 Å². The van der Waals surface area contributed by atoms with Gasteiger partial charge in [-0.1, -0.05) is 18.2 Å². The maximum absolute atomic E-state index is 11.6. The van der Waals surface area contributed by atoms with Crippen LogP contribution in [0.4, 0.5) is 0 Å². The summed E-state index contributed by atoms with van der Waals surface area (Å²) in [6, 6.07) is 7.85. The molecule has 0 saturated carbocycles. The predicted molar refractivity (Wildman–Crippen MR) is 66.4 cm³/mol. The molecule has 1 heterocycles. The van der Waals surface area contributed by atoms with Crippen molar-refractivity contribution in [1.82, 2.24) is 14.9 Å². The van der Waals surface area contributed by atoms with Crippen LogP contribution in [-0.2, 0) is 11.2 Å². The van der Waals surface area contributed by atoms with Gasteiger partial charge in [-0.05, 0) is 11.6 Å². The Bertz CT molecular complexity index is 503. The van der Waals surface area contributed by atoms with Crippen molar-refractivity contribution in [1.29, 1.82) is 0 Å². The van der Waals surface area contributed by atoms with Crippen LogP contribution in [0.25, 0.3) is 11.4 Å². The van der Waals surface area contributed by atoms with E-state index in [0.29, 0.717) is 6.42 Å². The Hall–Kier alpha value is -2.10. The monoisotopic (exact) mass is 229 g/mol. The molecule has 0 aliphatic carbocycles. The minimum absolute atomic E-state index is 0.0987. The number of H-pyrrole nitrogens is 1. The second-order valence-electron chi connectivity index (χ2n) is 4.10. The van der Waals surface area contributed by atoms with Crippen molar-refractivity contribution in [3.8, 4) is 11.4 Å². The quantitative estimate of drug-likeness (QED) is 0.871. The van der Waals surface area contributed by atoms with Gasteiger partial charge < -0.3 is 9.88 Å². The number of imidazole rings is 1. The number of carbonyl (C=O) groups is 1. The lowest BCUT2D eigenvalue weighted by Crippen LogP contribution is -2.23. The van der Waals surface area contributed by atoms with Gasteiger partial charge in [0.05, 0.1) is 6.42 Å².